The van der Waals surface area contributed by atoms with Crippen LogP contribution >= 0.6 is 0 Å². The van der Waals surface area contributed by atoms with Crippen LogP contribution in [0.15, 0.2) is 0 Å². The number of carbonyl (C=O) groups is 2. The second-order valence-corrected chi connectivity index (χ2v) is 9.65. The number of hydrogen-bond donors (Lipinski definition) is 7. The fourth-order valence-corrected chi connectivity index (χ4v) is 4.23. The molecule has 2 aliphatic rings. The maximum atomic E-state index is 12.9. The molecule has 0 aromatic carbocycles. The molecule has 0 spiro atoms. The van der Waals surface area contributed by atoms with Crippen LogP contribution in [-0.4, -0.2) is 142 Å². The van der Waals surface area contributed by atoms with Crippen molar-refractivity contribution in [1.29, 1.82) is 0 Å². The third-order valence-electron chi connectivity index (χ3n) is 6.67. The van der Waals surface area contributed by atoms with Gasteiger partial charge in [-0.15, -0.1) is 0 Å². The van der Waals surface area contributed by atoms with Crippen molar-refractivity contribution in [3.05, 3.63) is 0 Å². The maximum Gasteiger partial charge on any atom is 0.222 e. The SMILES string of the molecule is CCNC(=O)CCCCC(=O)N(CCO[C@@H]1O[C@@H](C)[C@@H](O)[C@@H](O)[C@@H]1O)CCO[C@@H]1O[C@@H](C)[C@@H](O)[C@@H](O)[C@@H]1O. The number of nitrogens with zero attached hydrogens (tertiary/aromatic N) is 1. The number of nitrogens with one attached hydrogen (secondary N) is 1. The number of aliphatic hydroxyl groups is 6. The van der Waals surface area contributed by atoms with Crippen molar-refractivity contribution in [3.63, 3.8) is 0 Å². The summed E-state index contributed by atoms with van der Waals surface area (Å²) in [6.45, 7) is 5.44. The lowest BCUT2D eigenvalue weighted by Crippen LogP contribution is -2.57. The van der Waals surface area contributed by atoms with E-state index in [4.69, 9.17) is 18.9 Å². The van der Waals surface area contributed by atoms with Crippen LogP contribution in [0.2, 0.25) is 0 Å². The molecular weight excluding hydrogens is 508 g/mol. The van der Waals surface area contributed by atoms with Crippen LogP contribution in [-0.2, 0) is 28.5 Å². The molecule has 0 unspecified atom stereocenters. The number of rotatable bonds is 14. The van der Waals surface area contributed by atoms with Gasteiger partial charge in [0.25, 0.3) is 0 Å². The predicted molar refractivity (Wildman–Crippen MR) is 130 cm³/mol. The van der Waals surface area contributed by atoms with Gasteiger partial charge < -0.3 is 59.8 Å². The highest BCUT2D eigenvalue weighted by atomic mass is 16.7. The number of amides is 2. The van der Waals surface area contributed by atoms with Gasteiger partial charge in [0.1, 0.15) is 36.6 Å². The van der Waals surface area contributed by atoms with E-state index < -0.39 is 61.4 Å². The zero-order valence-corrected chi connectivity index (χ0v) is 22.2. The summed E-state index contributed by atoms with van der Waals surface area (Å²) < 4.78 is 21.9. The third-order valence-corrected chi connectivity index (χ3v) is 6.67. The molecule has 0 aliphatic carbocycles. The van der Waals surface area contributed by atoms with Crippen molar-refractivity contribution < 1.29 is 59.2 Å². The molecule has 0 bridgehead atoms. The predicted octanol–water partition coefficient (Wildman–Crippen LogP) is -2.80. The van der Waals surface area contributed by atoms with Gasteiger partial charge in [0.15, 0.2) is 12.6 Å². The van der Waals surface area contributed by atoms with E-state index in [1.807, 2.05) is 6.92 Å². The first-order valence-electron chi connectivity index (χ1n) is 13.1. The van der Waals surface area contributed by atoms with E-state index in [1.165, 1.54) is 18.7 Å². The molecule has 7 N–H and O–H groups in total. The first-order valence-corrected chi connectivity index (χ1v) is 13.1. The van der Waals surface area contributed by atoms with E-state index in [0.29, 0.717) is 25.8 Å². The second kappa shape index (κ2) is 16.0. The molecule has 0 saturated carbocycles. The average molecular weight is 553 g/mol. The van der Waals surface area contributed by atoms with Gasteiger partial charge in [-0.3, -0.25) is 9.59 Å². The van der Waals surface area contributed by atoms with E-state index in [-0.39, 0.29) is 44.5 Å². The van der Waals surface area contributed by atoms with Gasteiger partial charge >= 0.3 is 0 Å². The number of aliphatic hydroxyl groups excluding tert-OH is 6. The van der Waals surface area contributed by atoms with Crippen LogP contribution in [0.3, 0.4) is 0 Å². The fourth-order valence-electron chi connectivity index (χ4n) is 4.23. The molecule has 14 nitrogen and oxygen atoms in total. The van der Waals surface area contributed by atoms with Crippen molar-refractivity contribution in [2.24, 2.45) is 0 Å². The first kappa shape index (κ1) is 32.8. The lowest BCUT2D eigenvalue weighted by molar-refractivity contribution is -0.295. The summed E-state index contributed by atoms with van der Waals surface area (Å²) in [6, 6.07) is 0. The summed E-state index contributed by atoms with van der Waals surface area (Å²) in [6.07, 6.45) is -10.8. The van der Waals surface area contributed by atoms with Crippen LogP contribution in [0, 0.1) is 0 Å². The standard InChI is InChI=1S/C24H44N2O12/c1-4-25-15(27)7-5-6-8-16(28)26(9-11-35-23-21(33)19(31)17(29)13(2)37-23)10-12-36-24-22(34)20(32)18(30)14(3)38-24/h13-14,17-24,29-34H,4-12H2,1-3H3,(H,25,27)/t13-,14-,17+,18+,19+,20+,21-,22-,23+,24+/m0/s1. The second-order valence-electron chi connectivity index (χ2n) is 9.65. The van der Waals surface area contributed by atoms with Gasteiger partial charge in [0.2, 0.25) is 11.8 Å². The van der Waals surface area contributed by atoms with Crippen molar-refractivity contribution in [1.82, 2.24) is 10.2 Å². The lowest BCUT2D eigenvalue weighted by atomic mass is 10.0. The Hall–Kier alpha value is -1.46. The highest BCUT2D eigenvalue weighted by Gasteiger charge is 2.43. The van der Waals surface area contributed by atoms with Crippen LogP contribution in [0.5, 0.6) is 0 Å². The largest absolute Gasteiger partial charge is 0.388 e. The minimum absolute atomic E-state index is 0.0631. The highest BCUT2D eigenvalue weighted by molar-refractivity contribution is 5.77. The maximum absolute atomic E-state index is 12.9. The van der Waals surface area contributed by atoms with E-state index in [9.17, 15) is 40.2 Å². The minimum atomic E-state index is -1.48. The van der Waals surface area contributed by atoms with E-state index in [1.54, 1.807) is 0 Å². The monoisotopic (exact) mass is 552 g/mol. The van der Waals surface area contributed by atoms with Crippen molar-refractivity contribution in [3.8, 4) is 0 Å². The summed E-state index contributed by atoms with van der Waals surface area (Å²) in [5, 5.41) is 62.5. The van der Waals surface area contributed by atoms with Gasteiger partial charge in [-0.2, -0.15) is 0 Å². The molecule has 14 heteroatoms. The van der Waals surface area contributed by atoms with Gasteiger partial charge in [-0.05, 0) is 33.6 Å². The normalized spacial score (nSPS) is 35.6. The summed E-state index contributed by atoms with van der Waals surface area (Å²) in [4.78, 5) is 26.0. The molecule has 38 heavy (non-hydrogen) atoms. The molecule has 10 atom stereocenters. The third kappa shape index (κ3) is 9.33. The summed E-state index contributed by atoms with van der Waals surface area (Å²) >= 11 is 0. The molecule has 2 heterocycles. The number of unbranched alkanes of at least 4 members (excludes halogenated alkanes) is 1. The highest BCUT2D eigenvalue weighted by Crippen LogP contribution is 2.23. The Morgan fingerprint density at radius 1 is 0.737 bits per heavy atom. The molecule has 0 aromatic rings. The Labute approximate surface area is 222 Å². The smallest absolute Gasteiger partial charge is 0.222 e. The fraction of sp³-hybridized carbons (Fsp3) is 0.917. The number of ether oxygens (including phenoxy) is 4. The zero-order chi connectivity index (χ0) is 28.4. The van der Waals surface area contributed by atoms with Crippen molar-refractivity contribution in [2.45, 2.75) is 108 Å². The van der Waals surface area contributed by atoms with E-state index in [2.05, 4.69) is 5.32 Å². The molecule has 2 rings (SSSR count). The number of carbonyl (C=O) groups excluding carboxylic acids is 2. The quantitative estimate of drug-likeness (QED) is 0.109. The van der Waals surface area contributed by atoms with Gasteiger partial charge in [0.05, 0.1) is 25.4 Å². The van der Waals surface area contributed by atoms with Crippen LogP contribution < -0.4 is 5.32 Å². The lowest BCUT2D eigenvalue weighted by Gasteiger charge is -2.39. The summed E-state index contributed by atoms with van der Waals surface area (Å²) in [5.41, 5.74) is 0. The Morgan fingerprint density at radius 3 is 1.63 bits per heavy atom. The number of hydrogen-bond acceptors (Lipinski definition) is 12. The summed E-state index contributed by atoms with van der Waals surface area (Å²) in [5.74, 6) is -0.324. The molecule has 0 aromatic heterocycles. The Bertz CT molecular complexity index is 691. The molecule has 2 aliphatic heterocycles. The van der Waals surface area contributed by atoms with Gasteiger partial charge in [0, 0.05) is 32.5 Å². The van der Waals surface area contributed by atoms with E-state index in [0.717, 1.165) is 0 Å². The molecule has 2 amide bonds. The van der Waals surface area contributed by atoms with Crippen LogP contribution in [0.4, 0.5) is 0 Å². The van der Waals surface area contributed by atoms with Crippen LogP contribution in [0.1, 0.15) is 46.5 Å². The Balaban J connectivity index is 1.89. The average Bonchev–Trinajstić information content (AvgIpc) is 2.88. The van der Waals surface area contributed by atoms with Gasteiger partial charge in [-0.1, -0.05) is 0 Å². The molecule has 2 fully saturated rings. The molecule has 0 radical (unpaired) electrons. The molecule has 222 valence electrons. The van der Waals surface area contributed by atoms with Crippen molar-refractivity contribution >= 4 is 11.8 Å². The topological polar surface area (TPSA) is 208 Å². The molecular formula is C24H44N2O12. The molecule has 2 saturated heterocycles. The Kier molecular flexibility index (Phi) is 13.8. The Morgan fingerprint density at radius 2 is 1.18 bits per heavy atom. The van der Waals surface area contributed by atoms with E-state index >= 15 is 0 Å². The van der Waals surface area contributed by atoms with Gasteiger partial charge in [-0.25, -0.2) is 0 Å². The van der Waals surface area contributed by atoms with Crippen molar-refractivity contribution in [2.75, 3.05) is 32.8 Å². The minimum Gasteiger partial charge on any atom is -0.388 e. The van der Waals surface area contributed by atoms with Crippen LogP contribution in [0.25, 0.3) is 0 Å². The summed E-state index contributed by atoms with van der Waals surface area (Å²) in [7, 11) is 0. The zero-order valence-electron chi connectivity index (χ0n) is 22.2. The first-order chi connectivity index (χ1) is 18.0.